The van der Waals surface area contributed by atoms with Crippen molar-refractivity contribution >= 4 is 15.5 Å². The molecule has 0 saturated carbocycles. The van der Waals surface area contributed by atoms with Crippen LogP contribution in [0.25, 0.3) is 0 Å². The molecule has 31 heavy (non-hydrogen) atoms. The zero-order valence-corrected chi connectivity index (χ0v) is 20.7. The molecule has 2 aliphatic heterocycles. The molecule has 3 rings (SSSR count). The largest absolute Gasteiger partial charge is 0.371 e. The van der Waals surface area contributed by atoms with E-state index >= 15 is 0 Å². The Balaban J connectivity index is 1.30. The summed E-state index contributed by atoms with van der Waals surface area (Å²) in [5.74, 6) is 0.349. The number of nitrogens with zero attached hydrogens (tertiary/aromatic N) is 2. The van der Waals surface area contributed by atoms with E-state index in [1.807, 2.05) is 0 Å². The quantitative estimate of drug-likeness (QED) is 0.422. The van der Waals surface area contributed by atoms with Crippen molar-refractivity contribution in [2.45, 2.75) is 95.8 Å². The van der Waals surface area contributed by atoms with Crippen LogP contribution in [0.1, 0.15) is 83.6 Å². The van der Waals surface area contributed by atoms with Crippen LogP contribution in [0.3, 0.4) is 0 Å². The van der Waals surface area contributed by atoms with Gasteiger partial charge in [-0.25, -0.2) is 8.42 Å². The smallest absolute Gasteiger partial charge is 0.152 e. The summed E-state index contributed by atoms with van der Waals surface area (Å²) < 4.78 is 23.7. The summed E-state index contributed by atoms with van der Waals surface area (Å²) >= 11 is 0. The Morgan fingerprint density at radius 3 is 2.10 bits per heavy atom. The first-order valence-corrected chi connectivity index (χ1v) is 14.5. The summed E-state index contributed by atoms with van der Waals surface area (Å²) in [6, 6.07) is 10.0. The second-order valence-electron chi connectivity index (χ2n) is 9.91. The van der Waals surface area contributed by atoms with Gasteiger partial charge in [0.05, 0.1) is 11.0 Å². The van der Waals surface area contributed by atoms with Gasteiger partial charge in [-0.05, 0) is 89.6 Å². The van der Waals surface area contributed by atoms with Gasteiger partial charge < -0.3 is 9.80 Å². The fourth-order valence-corrected chi connectivity index (χ4v) is 6.12. The van der Waals surface area contributed by atoms with Crippen LogP contribution in [0.5, 0.6) is 0 Å². The third-order valence-electron chi connectivity index (χ3n) is 7.29. The number of rotatable bonds is 11. The third kappa shape index (κ3) is 7.78. The Hall–Kier alpha value is -1.07. The third-order valence-corrected chi connectivity index (χ3v) is 9.58. The van der Waals surface area contributed by atoms with Crippen LogP contribution in [-0.4, -0.2) is 56.5 Å². The van der Waals surface area contributed by atoms with Crippen molar-refractivity contribution in [3.8, 4) is 0 Å². The molecule has 0 radical (unpaired) electrons. The zero-order chi connectivity index (χ0) is 22.1. The predicted molar refractivity (Wildman–Crippen MR) is 133 cm³/mol. The average Bonchev–Trinajstić information content (AvgIpc) is 2.79. The second kappa shape index (κ2) is 12.2. The Kier molecular flexibility index (Phi) is 9.71. The molecule has 0 amide bonds. The Bertz CT molecular complexity index is 731. The van der Waals surface area contributed by atoms with Crippen LogP contribution >= 0.6 is 0 Å². The highest BCUT2D eigenvalue weighted by molar-refractivity contribution is 7.91. The number of likely N-dealkylation sites (tertiary alicyclic amines) is 1. The first-order valence-electron chi connectivity index (χ1n) is 12.8. The highest BCUT2D eigenvalue weighted by Crippen LogP contribution is 2.25. The lowest BCUT2D eigenvalue weighted by molar-refractivity contribution is 0.141. The lowest BCUT2D eigenvalue weighted by atomic mass is 9.99. The minimum atomic E-state index is -2.86. The Morgan fingerprint density at radius 2 is 1.45 bits per heavy atom. The zero-order valence-electron chi connectivity index (χ0n) is 19.9. The van der Waals surface area contributed by atoms with Crippen LogP contribution in [0.15, 0.2) is 24.3 Å². The summed E-state index contributed by atoms with van der Waals surface area (Å²) in [6.45, 7) is 8.56. The van der Waals surface area contributed by atoms with E-state index in [1.54, 1.807) is 13.8 Å². The highest BCUT2D eigenvalue weighted by Gasteiger charge is 2.25. The van der Waals surface area contributed by atoms with Crippen LogP contribution in [0.4, 0.5) is 5.69 Å². The van der Waals surface area contributed by atoms with E-state index in [-0.39, 0.29) is 5.25 Å². The van der Waals surface area contributed by atoms with E-state index in [4.69, 9.17) is 0 Å². The summed E-state index contributed by atoms with van der Waals surface area (Å²) in [5, 5.41) is -0.239. The van der Waals surface area contributed by atoms with Crippen LogP contribution < -0.4 is 4.90 Å². The lowest BCUT2D eigenvalue weighted by Gasteiger charge is -2.41. The molecule has 1 aromatic rings. The second-order valence-corrected chi connectivity index (χ2v) is 12.6. The molecule has 0 aliphatic carbocycles. The number of sulfone groups is 1. The van der Waals surface area contributed by atoms with Crippen molar-refractivity contribution in [2.75, 3.05) is 36.8 Å². The summed E-state index contributed by atoms with van der Waals surface area (Å²) in [6.07, 6.45) is 13.3. The highest BCUT2D eigenvalue weighted by atomic mass is 32.2. The molecule has 4 nitrogen and oxygen atoms in total. The predicted octanol–water partition coefficient (Wildman–Crippen LogP) is 5.46. The molecule has 2 aliphatic rings. The van der Waals surface area contributed by atoms with Gasteiger partial charge in [0, 0.05) is 24.8 Å². The van der Waals surface area contributed by atoms with E-state index in [0.29, 0.717) is 5.75 Å². The first kappa shape index (κ1) is 24.6. The molecule has 1 aromatic carbocycles. The summed E-state index contributed by atoms with van der Waals surface area (Å²) in [5.41, 5.74) is 2.81. The van der Waals surface area contributed by atoms with Gasteiger partial charge in [-0.3, -0.25) is 0 Å². The van der Waals surface area contributed by atoms with Crippen molar-refractivity contribution in [3.05, 3.63) is 29.8 Å². The molecule has 0 aromatic heterocycles. The summed E-state index contributed by atoms with van der Waals surface area (Å²) in [4.78, 5) is 5.31. The van der Waals surface area contributed by atoms with E-state index in [2.05, 4.69) is 34.1 Å². The lowest BCUT2D eigenvalue weighted by Crippen LogP contribution is -2.46. The van der Waals surface area contributed by atoms with Crippen molar-refractivity contribution in [1.29, 1.82) is 0 Å². The van der Waals surface area contributed by atoms with E-state index in [9.17, 15) is 8.42 Å². The standard InChI is InChI=1S/C26H44N2O2S/c1-23(2)31(29,30)22-10-5-3-4-7-11-24-12-14-25(15-13-24)28-20-16-26(17-21-28)27-18-8-6-9-19-27/h12-15,23,26H,3-11,16-22H2,1-2H3. The molecule has 2 saturated heterocycles. The monoisotopic (exact) mass is 448 g/mol. The van der Waals surface area contributed by atoms with E-state index < -0.39 is 9.84 Å². The fraction of sp³-hybridized carbons (Fsp3) is 0.769. The van der Waals surface area contributed by atoms with Crippen LogP contribution in [0, 0.1) is 0 Å². The fourth-order valence-electron chi connectivity index (χ4n) is 5.04. The minimum absolute atomic E-state index is 0.239. The van der Waals surface area contributed by atoms with Gasteiger partial charge in [-0.15, -0.1) is 0 Å². The maximum Gasteiger partial charge on any atom is 0.152 e. The van der Waals surface area contributed by atoms with Gasteiger partial charge in [-0.2, -0.15) is 0 Å². The molecule has 2 fully saturated rings. The van der Waals surface area contributed by atoms with Gasteiger partial charge in [0.15, 0.2) is 9.84 Å². The van der Waals surface area contributed by atoms with Crippen molar-refractivity contribution in [1.82, 2.24) is 4.90 Å². The number of unbranched alkanes of at least 4 members (excludes halogenated alkanes) is 4. The van der Waals surface area contributed by atoms with Gasteiger partial charge >= 0.3 is 0 Å². The first-order chi connectivity index (χ1) is 15.0. The number of aryl methyl sites for hydroxylation is 1. The molecule has 0 N–H and O–H groups in total. The molecular formula is C26H44N2O2S. The average molecular weight is 449 g/mol. The number of benzene rings is 1. The SMILES string of the molecule is CC(C)S(=O)(=O)CCCCCCCc1ccc(N2CCC(N3CCCCC3)CC2)cc1. The van der Waals surface area contributed by atoms with Crippen LogP contribution in [-0.2, 0) is 16.3 Å². The number of hydrogen-bond acceptors (Lipinski definition) is 4. The van der Waals surface area contributed by atoms with Crippen molar-refractivity contribution in [3.63, 3.8) is 0 Å². The van der Waals surface area contributed by atoms with Gasteiger partial charge in [0.2, 0.25) is 0 Å². The Labute approximate surface area is 191 Å². The van der Waals surface area contributed by atoms with E-state index in [1.165, 1.54) is 82.4 Å². The minimum Gasteiger partial charge on any atom is -0.371 e. The molecule has 0 bridgehead atoms. The molecule has 2 heterocycles. The molecule has 5 heteroatoms. The van der Waals surface area contributed by atoms with Crippen molar-refractivity contribution in [2.24, 2.45) is 0 Å². The number of piperidine rings is 2. The molecule has 0 atom stereocenters. The van der Waals surface area contributed by atoms with E-state index in [0.717, 1.165) is 31.7 Å². The number of hydrogen-bond donors (Lipinski definition) is 0. The topological polar surface area (TPSA) is 40.6 Å². The van der Waals surface area contributed by atoms with Gasteiger partial charge in [0.1, 0.15) is 0 Å². The molecule has 176 valence electrons. The normalized spacial score (nSPS) is 19.3. The Morgan fingerprint density at radius 1 is 0.839 bits per heavy atom. The summed E-state index contributed by atoms with van der Waals surface area (Å²) in [7, 11) is -2.86. The maximum atomic E-state index is 11.8. The van der Waals surface area contributed by atoms with Gasteiger partial charge in [0.25, 0.3) is 0 Å². The van der Waals surface area contributed by atoms with Crippen LogP contribution in [0.2, 0.25) is 0 Å². The number of anilines is 1. The maximum absolute atomic E-state index is 11.8. The van der Waals surface area contributed by atoms with Crippen molar-refractivity contribution < 1.29 is 8.42 Å². The molecule has 0 spiro atoms. The molecule has 0 unspecified atom stereocenters. The van der Waals surface area contributed by atoms with Gasteiger partial charge in [-0.1, -0.05) is 37.8 Å². The molecular weight excluding hydrogens is 404 g/mol.